The van der Waals surface area contributed by atoms with E-state index in [-0.39, 0.29) is 0 Å². The summed E-state index contributed by atoms with van der Waals surface area (Å²) in [5, 5.41) is 9.25. The molecule has 0 aromatic carbocycles. The second-order valence-electron chi connectivity index (χ2n) is 10.3. The first kappa shape index (κ1) is 39.0. The molecule has 0 unspecified atom stereocenters. The van der Waals surface area contributed by atoms with Gasteiger partial charge in [-0.15, -0.1) is 0 Å². The van der Waals surface area contributed by atoms with Gasteiger partial charge in [0.15, 0.2) is 5.88 Å². The molecule has 0 aliphatic carbocycles. The number of likely N-dealkylation sites (N-methyl/N-ethyl adjacent to an activating group) is 1. The van der Waals surface area contributed by atoms with Crippen LogP contribution >= 0.6 is 11.9 Å². The van der Waals surface area contributed by atoms with Gasteiger partial charge in [-0.3, -0.25) is 5.14 Å². The number of ether oxygens (including phenoxy) is 1. The number of nitrogens with zero attached hydrogens (tertiary/aromatic N) is 3. The number of aliphatic imine (C=N–C) groups is 1. The molecule has 0 atom stereocenters. The van der Waals surface area contributed by atoms with Gasteiger partial charge < -0.3 is 19.9 Å². The van der Waals surface area contributed by atoms with Crippen molar-refractivity contribution in [3.8, 4) is 0 Å². The molecular weight excluding hydrogens is 526 g/mol. The SMILES string of the molecule is C=C(OCC/C=C\C(=C/CC)CSN)N(C)CCCC/C=C(\CC)CCNC/C(=N/C=C\C)N(CC)CCCCC. The third-order valence-electron chi connectivity index (χ3n) is 6.92. The fraction of sp³-hybridized carbons (Fsp3) is 0.676. The van der Waals surface area contributed by atoms with Crippen LogP contribution in [0.25, 0.3) is 0 Å². The molecule has 0 aromatic heterocycles. The van der Waals surface area contributed by atoms with Crippen LogP contribution in [0.1, 0.15) is 98.8 Å². The minimum Gasteiger partial charge on any atom is -0.479 e. The Morgan fingerprint density at radius 3 is 2.49 bits per heavy atom. The summed E-state index contributed by atoms with van der Waals surface area (Å²) in [5.74, 6) is 2.74. The molecule has 0 aliphatic rings. The highest BCUT2D eigenvalue weighted by atomic mass is 32.2. The number of nitrogens with one attached hydrogen (secondary N) is 1. The number of allylic oxidation sites excluding steroid dienone is 4. The van der Waals surface area contributed by atoms with Gasteiger partial charge in [-0.05, 0) is 83.9 Å². The topological polar surface area (TPSA) is 66.1 Å². The smallest absolute Gasteiger partial charge is 0.181 e. The molecule has 0 bridgehead atoms. The zero-order chi connectivity index (χ0) is 30.6. The molecule has 0 saturated heterocycles. The molecule has 3 N–H and O–H groups in total. The van der Waals surface area contributed by atoms with E-state index in [2.05, 4.69) is 80.7 Å². The van der Waals surface area contributed by atoms with Crippen LogP contribution in [0.2, 0.25) is 0 Å². The van der Waals surface area contributed by atoms with Gasteiger partial charge in [0.2, 0.25) is 0 Å². The van der Waals surface area contributed by atoms with E-state index in [1.807, 2.05) is 19.2 Å². The molecule has 0 aromatic rings. The third kappa shape index (κ3) is 21.4. The zero-order valence-electron chi connectivity index (χ0n) is 27.4. The molecule has 0 rings (SSSR count). The highest BCUT2D eigenvalue weighted by Gasteiger charge is 2.09. The van der Waals surface area contributed by atoms with Crippen LogP contribution < -0.4 is 10.5 Å². The minimum atomic E-state index is 0.642. The van der Waals surface area contributed by atoms with E-state index in [0.29, 0.717) is 6.61 Å². The Kier molecular flexibility index (Phi) is 26.8. The summed E-state index contributed by atoms with van der Waals surface area (Å²) in [4.78, 5) is 9.26. The maximum Gasteiger partial charge on any atom is 0.181 e. The molecule has 6 nitrogen and oxygen atoms in total. The lowest BCUT2D eigenvalue weighted by Crippen LogP contribution is -2.39. The van der Waals surface area contributed by atoms with E-state index in [4.69, 9.17) is 14.9 Å². The molecule has 0 spiro atoms. The number of rotatable bonds is 26. The fourth-order valence-electron chi connectivity index (χ4n) is 4.34. The van der Waals surface area contributed by atoms with Crippen LogP contribution in [-0.4, -0.2) is 67.8 Å². The molecule has 0 radical (unpaired) electrons. The molecule has 0 saturated carbocycles. The zero-order valence-corrected chi connectivity index (χ0v) is 28.2. The highest BCUT2D eigenvalue weighted by molar-refractivity contribution is 7.97. The van der Waals surface area contributed by atoms with Crippen LogP contribution in [0.4, 0.5) is 0 Å². The number of nitrogens with two attached hydrogens (primary N) is 1. The van der Waals surface area contributed by atoms with Crippen molar-refractivity contribution in [3.63, 3.8) is 0 Å². The van der Waals surface area contributed by atoms with E-state index in [9.17, 15) is 0 Å². The summed E-state index contributed by atoms with van der Waals surface area (Å²) >= 11 is 1.36. The van der Waals surface area contributed by atoms with Gasteiger partial charge in [0.25, 0.3) is 0 Å². The summed E-state index contributed by atoms with van der Waals surface area (Å²) in [5.41, 5.74) is 2.81. The van der Waals surface area contributed by atoms with Crippen molar-refractivity contribution in [2.45, 2.75) is 98.8 Å². The van der Waals surface area contributed by atoms with Gasteiger partial charge in [0, 0.05) is 38.6 Å². The lowest BCUT2D eigenvalue weighted by atomic mass is 10.1. The van der Waals surface area contributed by atoms with Gasteiger partial charge >= 0.3 is 0 Å². The van der Waals surface area contributed by atoms with Gasteiger partial charge in [-0.1, -0.05) is 81.5 Å². The summed E-state index contributed by atoms with van der Waals surface area (Å²) in [6, 6.07) is 0. The Labute approximate surface area is 258 Å². The Balaban J connectivity index is 4.33. The van der Waals surface area contributed by atoms with Crippen LogP contribution in [-0.2, 0) is 4.74 Å². The van der Waals surface area contributed by atoms with Crippen molar-refractivity contribution < 1.29 is 4.74 Å². The van der Waals surface area contributed by atoms with E-state index < -0.39 is 0 Å². The van der Waals surface area contributed by atoms with Crippen LogP contribution in [0.15, 0.2) is 65.2 Å². The van der Waals surface area contributed by atoms with Gasteiger partial charge in [-0.25, -0.2) is 4.99 Å². The number of unbranched alkanes of at least 4 members (excludes halogenated alkanes) is 4. The van der Waals surface area contributed by atoms with Crippen LogP contribution in [0.3, 0.4) is 0 Å². The molecular formula is C34H63N5OS. The second-order valence-corrected chi connectivity index (χ2v) is 10.9. The van der Waals surface area contributed by atoms with E-state index >= 15 is 0 Å². The van der Waals surface area contributed by atoms with Crippen molar-refractivity contribution in [3.05, 3.63) is 60.2 Å². The van der Waals surface area contributed by atoms with Gasteiger partial charge in [0.05, 0.1) is 13.2 Å². The standard InChI is InChI=1S/C34H63N5OS/c1-8-13-17-27-39(12-5)34(37-24-10-3)29-36-25-23-32(11-4)21-15-14-18-26-38(7)31(6)40-28-19-16-22-33(20-9-2)30-41-35/h10,16,20-22,24,36H,6,8-9,11-15,17-19,23,25-30,35H2,1-5,7H3/b22-16-,24-10-,32-21+,33-20+,37-34-. The fourth-order valence-corrected chi connectivity index (χ4v) is 4.75. The summed E-state index contributed by atoms with van der Waals surface area (Å²) < 4.78 is 5.85. The largest absolute Gasteiger partial charge is 0.479 e. The maximum absolute atomic E-state index is 5.85. The Hall–Kier alpha value is -1.96. The Morgan fingerprint density at radius 1 is 1.05 bits per heavy atom. The first-order valence-electron chi connectivity index (χ1n) is 16.0. The van der Waals surface area contributed by atoms with E-state index in [1.165, 1.54) is 48.8 Å². The van der Waals surface area contributed by atoms with Crippen molar-refractivity contribution >= 4 is 17.8 Å². The maximum atomic E-state index is 5.85. The number of hydrogen-bond acceptors (Lipinski definition) is 6. The molecule has 0 aliphatic heterocycles. The average molecular weight is 590 g/mol. The predicted molar refractivity (Wildman–Crippen MR) is 185 cm³/mol. The first-order chi connectivity index (χ1) is 20.0. The van der Waals surface area contributed by atoms with Crippen molar-refractivity contribution in [1.82, 2.24) is 15.1 Å². The normalized spacial score (nSPS) is 13.0. The number of amidine groups is 1. The van der Waals surface area contributed by atoms with E-state index in [1.54, 1.807) is 0 Å². The molecule has 7 heteroatoms. The van der Waals surface area contributed by atoms with Crippen molar-refractivity contribution in [1.29, 1.82) is 0 Å². The summed E-state index contributed by atoms with van der Waals surface area (Å²) in [7, 11) is 2.06. The summed E-state index contributed by atoms with van der Waals surface area (Å²) in [6.07, 6.45) is 24.1. The average Bonchev–Trinajstić information content (AvgIpc) is 2.97. The van der Waals surface area contributed by atoms with Crippen LogP contribution in [0, 0.1) is 0 Å². The van der Waals surface area contributed by atoms with Crippen molar-refractivity contribution in [2.24, 2.45) is 10.1 Å². The molecule has 0 heterocycles. The molecule has 41 heavy (non-hydrogen) atoms. The monoisotopic (exact) mass is 589 g/mol. The third-order valence-corrected chi connectivity index (χ3v) is 7.42. The van der Waals surface area contributed by atoms with Crippen molar-refractivity contribution in [2.75, 3.05) is 52.1 Å². The first-order valence-corrected chi connectivity index (χ1v) is 17.0. The molecule has 236 valence electrons. The predicted octanol–water partition coefficient (Wildman–Crippen LogP) is 8.23. The lowest BCUT2D eigenvalue weighted by Gasteiger charge is -2.25. The van der Waals surface area contributed by atoms with Gasteiger partial charge in [0.1, 0.15) is 5.84 Å². The number of hydrogen-bond donors (Lipinski definition) is 2. The van der Waals surface area contributed by atoms with E-state index in [0.717, 1.165) is 88.7 Å². The Morgan fingerprint density at radius 2 is 1.83 bits per heavy atom. The molecule has 0 amide bonds. The quantitative estimate of drug-likeness (QED) is 0.0202. The summed E-state index contributed by atoms with van der Waals surface area (Å²) in [6.45, 7) is 20.5. The molecule has 0 fully saturated rings. The minimum absolute atomic E-state index is 0.642. The van der Waals surface area contributed by atoms with Gasteiger partial charge in [-0.2, -0.15) is 0 Å². The Bertz CT molecular complexity index is 803. The lowest BCUT2D eigenvalue weighted by molar-refractivity contribution is 0.131. The van der Waals surface area contributed by atoms with Crippen LogP contribution in [0.5, 0.6) is 0 Å². The second kappa shape index (κ2) is 28.2. The highest BCUT2D eigenvalue weighted by Crippen LogP contribution is 2.11.